The van der Waals surface area contributed by atoms with Crippen LogP contribution in [0.1, 0.15) is 37.0 Å². The molecular formula is C12H16ClNO. The summed E-state index contributed by atoms with van der Waals surface area (Å²) in [7, 11) is 0. The number of halogens is 1. The molecule has 15 heavy (non-hydrogen) atoms. The monoisotopic (exact) mass is 225 g/mol. The van der Waals surface area contributed by atoms with Crippen LogP contribution in [-0.2, 0) is 0 Å². The molecule has 1 aromatic rings. The number of nitrogen functional groups attached to an aromatic ring is 1. The molecule has 0 bridgehead atoms. The summed E-state index contributed by atoms with van der Waals surface area (Å²) in [6.45, 7) is 4.14. The minimum Gasteiger partial charge on any atom is -0.399 e. The summed E-state index contributed by atoms with van der Waals surface area (Å²) >= 11 is 5.83. The van der Waals surface area contributed by atoms with E-state index in [0.29, 0.717) is 28.6 Å². The number of carbonyl (C=O) groups excluding carboxylic acids is 1. The van der Waals surface area contributed by atoms with Crippen LogP contribution in [0.5, 0.6) is 0 Å². The molecule has 0 fully saturated rings. The Hall–Kier alpha value is -1.02. The topological polar surface area (TPSA) is 43.1 Å². The normalized spacial score (nSPS) is 12.5. The molecule has 2 N–H and O–H groups in total. The van der Waals surface area contributed by atoms with Crippen molar-refractivity contribution in [1.82, 2.24) is 0 Å². The third-order valence-corrected chi connectivity index (χ3v) is 2.69. The van der Waals surface area contributed by atoms with Crippen LogP contribution < -0.4 is 5.73 Å². The van der Waals surface area contributed by atoms with Crippen molar-refractivity contribution < 1.29 is 4.79 Å². The summed E-state index contributed by atoms with van der Waals surface area (Å²) in [6, 6.07) is 4.99. The summed E-state index contributed by atoms with van der Waals surface area (Å²) in [5.41, 5.74) is 6.77. The van der Waals surface area contributed by atoms with Crippen molar-refractivity contribution in [2.75, 3.05) is 5.73 Å². The van der Waals surface area contributed by atoms with Gasteiger partial charge in [0.05, 0.1) is 0 Å². The number of rotatable bonds is 4. The number of benzene rings is 1. The Kier molecular flexibility index (Phi) is 4.15. The van der Waals surface area contributed by atoms with E-state index >= 15 is 0 Å². The van der Waals surface area contributed by atoms with E-state index in [1.54, 1.807) is 18.2 Å². The van der Waals surface area contributed by atoms with Gasteiger partial charge in [0.15, 0.2) is 5.78 Å². The molecule has 0 aliphatic carbocycles. The van der Waals surface area contributed by atoms with E-state index < -0.39 is 0 Å². The van der Waals surface area contributed by atoms with Gasteiger partial charge in [0.1, 0.15) is 0 Å². The van der Waals surface area contributed by atoms with Crippen molar-refractivity contribution in [2.45, 2.75) is 26.7 Å². The van der Waals surface area contributed by atoms with Gasteiger partial charge < -0.3 is 5.73 Å². The van der Waals surface area contributed by atoms with Crippen molar-refractivity contribution in [3.05, 3.63) is 28.8 Å². The first kappa shape index (κ1) is 12.1. The number of hydrogen-bond donors (Lipinski definition) is 1. The molecule has 0 spiro atoms. The van der Waals surface area contributed by atoms with E-state index in [9.17, 15) is 4.79 Å². The van der Waals surface area contributed by atoms with Crippen molar-refractivity contribution in [3.63, 3.8) is 0 Å². The second-order valence-corrected chi connectivity index (χ2v) is 4.35. The first-order valence-electron chi connectivity index (χ1n) is 5.12. The van der Waals surface area contributed by atoms with E-state index in [0.717, 1.165) is 6.42 Å². The average Bonchev–Trinajstić information content (AvgIpc) is 2.16. The highest BCUT2D eigenvalue weighted by atomic mass is 35.5. The van der Waals surface area contributed by atoms with Gasteiger partial charge in [0.2, 0.25) is 0 Å². The molecule has 3 heteroatoms. The second kappa shape index (κ2) is 5.17. The van der Waals surface area contributed by atoms with Crippen LogP contribution in [0.25, 0.3) is 0 Å². The summed E-state index contributed by atoms with van der Waals surface area (Å²) in [4.78, 5) is 11.8. The third-order valence-electron chi connectivity index (χ3n) is 2.47. The smallest absolute Gasteiger partial charge is 0.163 e. The predicted molar refractivity (Wildman–Crippen MR) is 64.3 cm³/mol. The van der Waals surface area contributed by atoms with Gasteiger partial charge in [-0.2, -0.15) is 0 Å². The molecule has 0 amide bonds. The van der Waals surface area contributed by atoms with Gasteiger partial charge in [0.25, 0.3) is 0 Å². The first-order valence-corrected chi connectivity index (χ1v) is 5.50. The Bertz CT molecular complexity index is 342. The predicted octanol–water partition coefficient (Wildman–Crippen LogP) is 3.54. The fourth-order valence-electron chi connectivity index (χ4n) is 1.35. The number of hydrogen-bond acceptors (Lipinski definition) is 2. The lowest BCUT2D eigenvalue weighted by atomic mass is 9.98. The Morgan fingerprint density at radius 3 is 2.67 bits per heavy atom. The van der Waals surface area contributed by atoms with Crippen molar-refractivity contribution in [1.29, 1.82) is 0 Å². The molecule has 1 aromatic carbocycles. The molecule has 0 aliphatic rings. The maximum absolute atomic E-state index is 11.8. The standard InChI is InChI=1S/C12H16ClNO/c1-3-8(2)4-12(15)9-5-10(13)7-11(14)6-9/h5-8H,3-4,14H2,1-2H3. The quantitative estimate of drug-likeness (QED) is 0.629. The molecule has 0 aromatic heterocycles. The molecule has 0 saturated carbocycles. The van der Waals surface area contributed by atoms with E-state index in [-0.39, 0.29) is 5.78 Å². The van der Waals surface area contributed by atoms with Crippen molar-refractivity contribution >= 4 is 23.1 Å². The first-order chi connectivity index (χ1) is 7.02. The molecule has 0 heterocycles. The van der Waals surface area contributed by atoms with Gasteiger partial charge in [-0.1, -0.05) is 31.9 Å². The second-order valence-electron chi connectivity index (χ2n) is 3.91. The molecule has 0 radical (unpaired) electrons. The van der Waals surface area contributed by atoms with Gasteiger partial charge in [0, 0.05) is 22.7 Å². The molecule has 0 saturated heterocycles. The van der Waals surface area contributed by atoms with Gasteiger partial charge >= 0.3 is 0 Å². The van der Waals surface area contributed by atoms with E-state index in [4.69, 9.17) is 17.3 Å². The number of anilines is 1. The van der Waals surface area contributed by atoms with Crippen molar-refractivity contribution in [2.24, 2.45) is 5.92 Å². The molecular weight excluding hydrogens is 210 g/mol. The highest BCUT2D eigenvalue weighted by Crippen LogP contribution is 2.19. The van der Waals surface area contributed by atoms with E-state index in [2.05, 4.69) is 13.8 Å². The van der Waals surface area contributed by atoms with Crippen molar-refractivity contribution in [3.8, 4) is 0 Å². The Morgan fingerprint density at radius 2 is 2.13 bits per heavy atom. The number of nitrogens with two attached hydrogens (primary N) is 1. The van der Waals surface area contributed by atoms with Crippen LogP contribution in [0.3, 0.4) is 0 Å². The number of carbonyl (C=O) groups is 1. The lowest BCUT2D eigenvalue weighted by Crippen LogP contribution is -2.05. The Balaban J connectivity index is 2.82. The lowest BCUT2D eigenvalue weighted by Gasteiger charge is -2.08. The van der Waals surface area contributed by atoms with Gasteiger partial charge in [-0.15, -0.1) is 0 Å². The fourth-order valence-corrected chi connectivity index (χ4v) is 1.60. The van der Waals surface area contributed by atoms with Crippen LogP contribution >= 0.6 is 11.6 Å². The molecule has 1 unspecified atom stereocenters. The highest BCUT2D eigenvalue weighted by Gasteiger charge is 2.11. The Labute approximate surface area is 95.4 Å². The maximum atomic E-state index is 11.8. The molecule has 1 atom stereocenters. The zero-order valence-electron chi connectivity index (χ0n) is 9.09. The highest BCUT2D eigenvalue weighted by molar-refractivity contribution is 6.31. The molecule has 1 rings (SSSR count). The summed E-state index contributed by atoms with van der Waals surface area (Å²) in [6.07, 6.45) is 1.55. The number of ketones is 1. The van der Waals surface area contributed by atoms with Crippen LogP contribution in [0, 0.1) is 5.92 Å². The average molecular weight is 226 g/mol. The van der Waals surface area contributed by atoms with E-state index in [1.165, 1.54) is 0 Å². The zero-order valence-corrected chi connectivity index (χ0v) is 9.84. The van der Waals surface area contributed by atoms with Gasteiger partial charge in [-0.25, -0.2) is 0 Å². The largest absolute Gasteiger partial charge is 0.399 e. The van der Waals surface area contributed by atoms with Crippen LogP contribution in [0.15, 0.2) is 18.2 Å². The Morgan fingerprint density at radius 1 is 1.47 bits per heavy atom. The minimum atomic E-state index is 0.110. The van der Waals surface area contributed by atoms with Gasteiger partial charge in [-0.3, -0.25) is 4.79 Å². The minimum absolute atomic E-state index is 0.110. The maximum Gasteiger partial charge on any atom is 0.163 e. The molecule has 0 aliphatic heterocycles. The third kappa shape index (κ3) is 3.56. The summed E-state index contributed by atoms with van der Waals surface area (Å²) in [5.74, 6) is 0.510. The zero-order chi connectivity index (χ0) is 11.4. The summed E-state index contributed by atoms with van der Waals surface area (Å²) < 4.78 is 0. The summed E-state index contributed by atoms with van der Waals surface area (Å²) in [5, 5.41) is 0.516. The van der Waals surface area contributed by atoms with Crippen LogP contribution in [0.2, 0.25) is 5.02 Å². The van der Waals surface area contributed by atoms with Crippen LogP contribution in [0.4, 0.5) is 5.69 Å². The van der Waals surface area contributed by atoms with E-state index in [1.807, 2.05) is 0 Å². The van der Waals surface area contributed by atoms with Crippen LogP contribution in [-0.4, -0.2) is 5.78 Å². The molecule has 2 nitrogen and oxygen atoms in total. The molecule has 82 valence electrons. The number of Topliss-reactive ketones (excluding diaryl/α,β-unsaturated/α-hetero) is 1. The SMILES string of the molecule is CCC(C)CC(=O)c1cc(N)cc(Cl)c1. The lowest BCUT2D eigenvalue weighted by molar-refractivity contribution is 0.0963. The fraction of sp³-hybridized carbons (Fsp3) is 0.417. The van der Waals surface area contributed by atoms with Gasteiger partial charge in [-0.05, 0) is 24.1 Å².